The molecule has 0 amide bonds. The van der Waals surface area contributed by atoms with Gasteiger partial charge in [-0.25, -0.2) is 4.98 Å². The number of nitrogens with one attached hydrogen (secondary N) is 1. The first-order valence-electron chi connectivity index (χ1n) is 7.45. The summed E-state index contributed by atoms with van der Waals surface area (Å²) in [6.45, 7) is 6.70. The fourth-order valence-corrected chi connectivity index (χ4v) is 2.72. The minimum Gasteiger partial charge on any atom is -0.338 e. The summed E-state index contributed by atoms with van der Waals surface area (Å²) >= 11 is 0. The van der Waals surface area contributed by atoms with Crippen LogP contribution in [0.25, 0.3) is 0 Å². The van der Waals surface area contributed by atoms with Crippen molar-refractivity contribution in [2.45, 2.75) is 45.1 Å². The van der Waals surface area contributed by atoms with Crippen molar-refractivity contribution in [1.82, 2.24) is 15.0 Å². The maximum Gasteiger partial charge on any atom is 0.108 e. The Bertz CT molecular complexity index is 580. The zero-order valence-corrected chi connectivity index (χ0v) is 13.4. The average molecular weight is 286 g/mol. The van der Waals surface area contributed by atoms with Crippen molar-refractivity contribution in [2.75, 3.05) is 0 Å². The molecule has 0 bridgehead atoms. The number of nitrogens with two attached hydrogens (primary N) is 1. The van der Waals surface area contributed by atoms with E-state index in [1.807, 2.05) is 19.4 Å². The molecule has 2 aromatic rings. The zero-order valence-electron chi connectivity index (χ0n) is 13.4. The van der Waals surface area contributed by atoms with Crippen molar-refractivity contribution in [2.24, 2.45) is 12.9 Å². The molecule has 0 aliphatic heterocycles. The Labute approximate surface area is 127 Å². The summed E-state index contributed by atoms with van der Waals surface area (Å²) < 4.78 is 2.06. The standard InChI is InChI=1S/C17H26N4/c1-17(2,3)14-8-6-5-7-13(14)15(20-18)9-10-16-19-11-12-21(16)4/h5-8,11-12,15,20H,9-10,18H2,1-4H3. The van der Waals surface area contributed by atoms with E-state index in [2.05, 4.69) is 60.0 Å². The largest absolute Gasteiger partial charge is 0.338 e. The van der Waals surface area contributed by atoms with Crippen LogP contribution in [0.15, 0.2) is 36.7 Å². The number of hydrazine groups is 1. The molecule has 1 aromatic carbocycles. The van der Waals surface area contributed by atoms with Gasteiger partial charge in [0.1, 0.15) is 5.82 Å². The Hall–Kier alpha value is -1.65. The molecule has 114 valence electrons. The second kappa shape index (κ2) is 6.41. The first kappa shape index (κ1) is 15.7. The minimum absolute atomic E-state index is 0.106. The van der Waals surface area contributed by atoms with Gasteiger partial charge in [0, 0.05) is 31.9 Å². The van der Waals surface area contributed by atoms with Gasteiger partial charge in [-0.05, 0) is 23.0 Å². The van der Waals surface area contributed by atoms with Crippen LogP contribution in [0, 0.1) is 0 Å². The lowest BCUT2D eigenvalue weighted by Gasteiger charge is -2.27. The summed E-state index contributed by atoms with van der Waals surface area (Å²) in [4.78, 5) is 4.38. The van der Waals surface area contributed by atoms with E-state index in [0.717, 1.165) is 18.7 Å². The topological polar surface area (TPSA) is 55.9 Å². The quantitative estimate of drug-likeness (QED) is 0.656. The summed E-state index contributed by atoms with van der Waals surface area (Å²) in [6, 6.07) is 8.67. The second-order valence-corrected chi connectivity index (χ2v) is 6.55. The van der Waals surface area contributed by atoms with Crippen LogP contribution in [0.1, 0.15) is 50.2 Å². The number of imidazole rings is 1. The lowest BCUT2D eigenvalue weighted by molar-refractivity contribution is 0.487. The Morgan fingerprint density at radius 2 is 2.00 bits per heavy atom. The fourth-order valence-electron chi connectivity index (χ4n) is 2.72. The molecular weight excluding hydrogens is 260 g/mol. The van der Waals surface area contributed by atoms with Crippen molar-refractivity contribution in [1.29, 1.82) is 0 Å². The smallest absolute Gasteiger partial charge is 0.108 e. The molecule has 0 spiro atoms. The maximum absolute atomic E-state index is 5.82. The van der Waals surface area contributed by atoms with Crippen molar-refractivity contribution < 1.29 is 0 Å². The molecule has 1 atom stereocenters. The van der Waals surface area contributed by atoms with Crippen molar-refractivity contribution in [3.63, 3.8) is 0 Å². The van der Waals surface area contributed by atoms with Crippen LogP contribution in [0.5, 0.6) is 0 Å². The third-order valence-electron chi connectivity index (χ3n) is 3.92. The van der Waals surface area contributed by atoms with E-state index in [0.29, 0.717) is 0 Å². The van der Waals surface area contributed by atoms with E-state index in [9.17, 15) is 0 Å². The highest BCUT2D eigenvalue weighted by atomic mass is 15.2. The molecule has 4 nitrogen and oxygen atoms in total. The zero-order chi connectivity index (χ0) is 15.5. The second-order valence-electron chi connectivity index (χ2n) is 6.55. The summed E-state index contributed by atoms with van der Waals surface area (Å²) in [5, 5.41) is 0. The number of aromatic nitrogens is 2. The number of nitrogens with zero attached hydrogens (tertiary/aromatic N) is 2. The molecule has 0 saturated carbocycles. The van der Waals surface area contributed by atoms with Gasteiger partial charge in [0.05, 0.1) is 0 Å². The van der Waals surface area contributed by atoms with Gasteiger partial charge in [-0.3, -0.25) is 11.3 Å². The van der Waals surface area contributed by atoms with E-state index >= 15 is 0 Å². The first-order valence-corrected chi connectivity index (χ1v) is 7.45. The first-order chi connectivity index (χ1) is 9.93. The highest BCUT2D eigenvalue weighted by molar-refractivity contribution is 5.35. The molecule has 4 heteroatoms. The summed E-state index contributed by atoms with van der Waals surface area (Å²) in [5.74, 6) is 6.90. The van der Waals surface area contributed by atoms with Crippen LogP contribution in [-0.2, 0) is 18.9 Å². The summed E-state index contributed by atoms with van der Waals surface area (Å²) in [7, 11) is 2.02. The molecule has 1 aromatic heterocycles. The molecule has 1 unspecified atom stereocenters. The summed E-state index contributed by atoms with van der Waals surface area (Å²) in [6.07, 6.45) is 5.64. The highest BCUT2D eigenvalue weighted by Gasteiger charge is 2.22. The molecule has 21 heavy (non-hydrogen) atoms. The van der Waals surface area contributed by atoms with E-state index < -0.39 is 0 Å². The molecule has 0 radical (unpaired) electrons. The third-order valence-corrected chi connectivity index (χ3v) is 3.92. The van der Waals surface area contributed by atoms with Crippen LogP contribution < -0.4 is 11.3 Å². The highest BCUT2D eigenvalue weighted by Crippen LogP contribution is 2.31. The fraction of sp³-hybridized carbons (Fsp3) is 0.471. The van der Waals surface area contributed by atoms with E-state index in [1.54, 1.807) is 0 Å². The van der Waals surface area contributed by atoms with Gasteiger partial charge in [0.15, 0.2) is 0 Å². The Kier molecular flexibility index (Phi) is 4.80. The van der Waals surface area contributed by atoms with Gasteiger partial charge in [-0.15, -0.1) is 0 Å². The Morgan fingerprint density at radius 1 is 1.29 bits per heavy atom. The predicted octanol–water partition coefficient (Wildman–Crippen LogP) is 2.85. The van der Waals surface area contributed by atoms with Crippen LogP contribution in [-0.4, -0.2) is 9.55 Å². The van der Waals surface area contributed by atoms with Crippen molar-refractivity contribution in [3.05, 3.63) is 53.6 Å². The SMILES string of the molecule is Cn1ccnc1CCC(NN)c1ccccc1C(C)(C)C. The van der Waals surface area contributed by atoms with Crippen molar-refractivity contribution >= 4 is 0 Å². The molecule has 0 aliphatic carbocycles. The van der Waals surface area contributed by atoms with Gasteiger partial charge in [-0.2, -0.15) is 0 Å². The molecular formula is C17H26N4. The van der Waals surface area contributed by atoms with Crippen LogP contribution in [0.4, 0.5) is 0 Å². The predicted molar refractivity (Wildman–Crippen MR) is 86.7 cm³/mol. The number of hydrogen-bond donors (Lipinski definition) is 2. The Morgan fingerprint density at radius 3 is 2.57 bits per heavy atom. The number of benzene rings is 1. The molecule has 0 fully saturated rings. The summed E-state index contributed by atoms with van der Waals surface area (Å²) in [5.41, 5.74) is 5.70. The molecule has 0 saturated heterocycles. The number of rotatable bonds is 5. The van der Waals surface area contributed by atoms with E-state index in [4.69, 9.17) is 5.84 Å². The number of aryl methyl sites for hydroxylation is 2. The Balaban J connectivity index is 2.20. The lowest BCUT2D eigenvalue weighted by Crippen LogP contribution is -2.31. The lowest BCUT2D eigenvalue weighted by atomic mass is 9.81. The van der Waals surface area contributed by atoms with E-state index in [-0.39, 0.29) is 11.5 Å². The average Bonchev–Trinajstić information content (AvgIpc) is 2.84. The normalized spacial score (nSPS) is 13.4. The minimum atomic E-state index is 0.106. The van der Waals surface area contributed by atoms with Crippen LogP contribution in [0.3, 0.4) is 0 Å². The molecule has 0 aliphatic rings. The molecule has 3 N–H and O–H groups in total. The van der Waals surface area contributed by atoms with Crippen molar-refractivity contribution in [3.8, 4) is 0 Å². The van der Waals surface area contributed by atoms with Crippen LogP contribution >= 0.6 is 0 Å². The van der Waals surface area contributed by atoms with Gasteiger partial charge >= 0.3 is 0 Å². The van der Waals surface area contributed by atoms with Crippen LogP contribution in [0.2, 0.25) is 0 Å². The van der Waals surface area contributed by atoms with Gasteiger partial charge in [0.2, 0.25) is 0 Å². The van der Waals surface area contributed by atoms with E-state index in [1.165, 1.54) is 11.1 Å². The third kappa shape index (κ3) is 3.71. The van der Waals surface area contributed by atoms with Gasteiger partial charge in [-0.1, -0.05) is 45.0 Å². The molecule has 1 heterocycles. The van der Waals surface area contributed by atoms with Gasteiger partial charge in [0.25, 0.3) is 0 Å². The maximum atomic E-state index is 5.82. The monoisotopic (exact) mass is 286 g/mol. The number of hydrogen-bond acceptors (Lipinski definition) is 3. The van der Waals surface area contributed by atoms with Gasteiger partial charge < -0.3 is 4.57 Å². The molecule has 2 rings (SSSR count).